The van der Waals surface area contributed by atoms with Crippen LogP contribution in [0.15, 0.2) is 47.0 Å². The lowest BCUT2D eigenvalue weighted by molar-refractivity contribution is -0.113. The molecule has 1 atom stereocenters. The van der Waals surface area contributed by atoms with Crippen molar-refractivity contribution in [2.24, 2.45) is 5.92 Å². The summed E-state index contributed by atoms with van der Waals surface area (Å²) in [6.07, 6.45) is 8.00. The van der Waals surface area contributed by atoms with E-state index in [1.54, 1.807) is 0 Å². The molecule has 0 bridgehead atoms. The molecule has 1 aromatic rings. The molecule has 2 aliphatic rings. The number of benzene rings is 1. The Morgan fingerprint density at radius 1 is 1.17 bits per heavy atom. The molecular formula is C19H22BrClN2O. The molecule has 0 spiro atoms. The van der Waals surface area contributed by atoms with Crippen molar-refractivity contribution in [2.45, 2.75) is 6.42 Å². The minimum atomic E-state index is -0.261. The zero-order valence-electron chi connectivity index (χ0n) is 13.6. The van der Waals surface area contributed by atoms with E-state index in [1.165, 1.54) is 11.1 Å². The highest BCUT2D eigenvalue weighted by Crippen LogP contribution is 2.29. The number of hydrogen-bond donors (Lipinski definition) is 0. The highest BCUT2D eigenvalue weighted by atomic mass is 79.9. The predicted octanol–water partition coefficient (Wildman–Crippen LogP) is 3.79. The molecule has 5 heteroatoms. The summed E-state index contributed by atoms with van der Waals surface area (Å²) in [6.45, 7) is 5.32. The molecule has 1 aliphatic heterocycles. The lowest BCUT2D eigenvalue weighted by atomic mass is 9.92. The van der Waals surface area contributed by atoms with Gasteiger partial charge in [0.1, 0.15) is 0 Å². The highest BCUT2D eigenvalue weighted by Gasteiger charge is 2.21. The minimum absolute atomic E-state index is 0.261. The second-order valence-corrected chi connectivity index (χ2v) is 7.70. The molecule has 0 N–H and O–H groups in total. The molecule has 1 aliphatic carbocycles. The number of carbonyl (C=O) groups is 1. The molecule has 0 saturated carbocycles. The number of allylic oxidation sites excluding steroid dienone is 3. The maximum absolute atomic E-state index is 11.0. The molecule has 0 amide bonds. The fraction of sp³-hybridized carbons (Fsp3) is 0.421. The van der Waals surface area contributed by atoms with Crippen molar-refractivity contribution >= 4 is 38.3 Å². The Hall–Kier alpha value is -0.940. The van der Waals surface area contributed by atoms with Gasteiger partial charge in [0, 0.05) is 37.2 Å². The van der Waals surface area contributed by atoms with Gasteiger partial charge in [-0.05, 0) is 41.1 Å². The van der Waals surface area contributed by atoms with Crippen LogP contribution in [0.3, 0.4) is 0 Å². The van der Waals surface area contributed by atoms with Crippen molar-refractivity contribution in [3.8, 4) is 0 Å². The average molecular weight is 410 g/mol. The number of halogens is 2. The van der Waals surface area contributed by atoms with E-state index < -0.39 is 0 Å². The summed E-state index contributed by atoms with van der Waals surface area (Å²) in [6, 6.07) is 8.35. The molecule has 1 heterocycles. The molecular weight excluding hydrogens is 388 g/mol. The first-order valence-electron chi connectivity index (χ1n) is 8.38. The van der Waals surface area contributed by atoms with Gasteiger partial charge in [0.05, 0.1) is 6.54 Å². The van der Waals surface area contributed by atoms with E-state index >= 15 is 0 Å². The Balaban J connectivity index is 1.49. The molecule has 128 valence electrons. The lowest BCUT2D eigenvalue weighted by Crippen LogP contribution is -2.48. The smallest absolute Gasteiger partial charge is 0.235 e. The zero-order chi connectivity index (χ0) is 16.9. The van der Waals surface area contributed by atoms with Crippen molar-refractivity contribution in [3.63, 3.8) is 0 Å². The first kappa shape index (κ1) is 17.9. The normalized spacial score (nSPS) is 22.4. The van der Waals surface area contributed by atoms with Crippen LogP contribution in [0, 0.1) is 5.92 Å². The lowest BCUT2D eigenvalue weighted by Gasteiger charge is -2.35. The van der Waals surface area contributed by atoms with Gasteiger partial charge >= 0.3 is 0 Å². The average Bonchev–Trinajstić information content (AvgIpc) is 2.58. The number of piperazine rings is 1. The largest absolute Gasteiger partial charge is 0.300 e. The second kappa shape index (κ2) is 8.43. The summed E-state index contributed by atoms with van der Waals surface area (Å²) in [5.41, 5.74) is 2.55. The maximum atomic E-state index is 11.0. The summed E-state index contributed by atoms with van der Waals surface area (Å²) >= 11 is 9.09. The Morgan fingerprint density at radius 3 is 2.50 bits per heavy atom. The van der Waals surface area contributed by atoms with Crippen molar-refractivity contribution in [2.75, 3.05) is 39.3 Å². The van der Waals surface area contributed by atoms with Crippen molar-refractivity contribution in [1.29, 1.82) is 0 Å². The summed E-state index contributed by atoms with van der Waals surface area (Å²) in [4.78, 5) is 15.6. The monoisotopic (exact) mass is 408 g/mol. The van der Waals surface area contributed by atoms with E-state index in [2.05, 4.69) is 62.2 Å². The van der Waals surface area contributed by atoms with Gasteiger partial charge in [-0.25, -0.2) is 0 Å². The molecule has 1 unspecified atom stereocenters. The summed E-state index contributed by atoms with van der Waals surface area (Å²) < 4.78 is 1.14. The van der Waals surface area contributed by atoms with Gasteiger partial charge in [-0.15, -0.1) is 0 Å². The molecule has 1 saturated heterocycles. The number of hydrogen-bond acceptors (Lipinski definition) is 3. The minimum Gasteiger partial charge on any atom is -0.300 e. The third kappa shape index (κ3) is 4.79. The molecule has 24 heavy (non-hydrogen) atoms. The molecule has 3 nitrogen and oxygen atoms in total. The Labute approximate surface area is 157 Å². The third-order valence-electron chi connectivity index (χ3n) is 4.68. The SMILES string of the molecule is O=C(Cl)CN1CCN(CC2C=CC(c3ccccc3Br)=CC2)CC1. The number of nitrogens with zero attached hydrogens (tertiary/aromatic N) is 2. The predicted molar refractivity (Wildman–Crippen MR) is 103 cm³/mol. The first-order chi connectivity index (χ1) is 11.6. The van der Waals surface area contributed by atoms with Gasteiger partial charge in [-0.3, -0.25) is 9.69 Å². The maximum Gasteiger partial charge on any atom is 0.235 e. The summed E-state index contributed by atoms with van der Waals surface area (Å²) in [5, 5.41) is -0.261. The van der Waals surface area contributed by atoms with Crippen molar-refractivity contribution in [1.82, 2.24) is 9.80 Å². The van der Waals surface area contributed by atoms with Crippen LogP contribution in [0.4, 0.5) is 0 Å². The molecule has 3 rings (SSSR count). The van der Waals surface area contributed by atoms with Crippen LogP contribution in [0.1, 0.15) is 12.0 Å². The summed E-state index contributed by atoms with van der Waals surface area (Å²) in [7, 11) is 0. The third-order valence-corrected chi connectivity index (χ3v) is 5.49. The van der Waals surface area contributed by atoms with Crippen molar-refractivity contribution in [3.05, 3.63) is 52.5 Å². The number of carbonyl (C=O) groups excluding carboxylic acids is 1. The number of rotatable bonds is 5. The van der Waals surface area contributed by atoms with Crippen LogP contribution in [-0.2, 0) is 4.79 Å². The highest BCUT2D eigenvalue weighted by molar-refractivity contribution is 9.10. The molecule has 1 aromatic carbocycles. The van der Waals surface area contributed by atoms with Crippen LogP contribution >= 0.6 is 27.5 Å². The topological polar surface area (TPSA) is 23.6 Å². The van der Waals surface area contributed by atoms with Crippen LogP contribution < -0.4 is 0 Å². The fourth-order valence-electron chi connectivity index (χ4n) is 3.33. The standard InChI is InChI=1S/C19H22BrClN2O/c20-18-4-2-1-3-17(18)16-7-5-15(6-8-16)13-22-9-11-23(12-10-22)14-19(21)24/h1-5,7-8,15H,6,9-14H2. The Kier molecular flexibility index (Phi) is 6.28. The van der Waals surface area contributed by atoms with E-state index in [9.17, 15) is 4.79 Å². The Morgan fingerprint density at radius 2 is 1.88 bits per heavy atom. The quantitative estimate of drug-likeness (QED) is 0.691. The summed E-state index contributed by atoms with van der Waals surface area (Å²) in [5.74, 6) is 0.567. The van der Waals surface area contributed by atoms with Crippen LogP contribution in [0.25, 0.3) is 5.57 Å². The molecule has 1 fully saturated rings. The zero-order valence-corrected chi connectivity index (χ0v) is 16.0. The van der Waals surface area contributed by atoms with Gasteiger partial charge in [0.2, 0.25) is 5.24 Å². The second-order valence-electron chi connectivity index (χ2n) is 6.43. The first-order valence-corrected chi connectivity index (χ1v) is 9.55. The van der Waals surface area contributed by atoms with Crippen LogP contribution in [0.5, 0.6) is 0 Å². The van der Waals surface area contributed by atoms with Crippen LogP contribution in [0.2, 0.25) is 0 Å². The van der Waals surface area contributed by atoms with E-state index in [4.69, 9.17) is 11.6 Å². The van der Waals surface area contributed by atoms with Crippen molar-refractivity contribution < 1.29 is 4.79 Å². The molecule has 0 radical (unpaired) electrons. The van der Waals surface area contributed by atoms with Crippen LogP contribution in [-0.4, -0.2) is 54.3 Å². The van der Waals surface area contributed by atoms with Gasteiger partial charge < -0.3 is 4.90 Å². The molecule has 0 aromatic heterocycles. The van der Waals surface area contributed by atoms with E-state index in [0.29, 0.717) is 12.5 Å². The van der Waals surface area contributed by atoms with E-state index in [-0.39, 0.29) is 5.24 Å². The van der Waals surface area contributed by atoms with Gasteiger partial charge in [0.15, 0.2) is 0 Å². The van der Waals surface area contributed by atoms with E-state index in [0.717, 1.165) is 43.6 Å². The van der Waals surface area contributed by atoms with Gasteiger partial charge in [-0.2, -0.15) is 0 Å². The Bertz CT molecular complexity index is 651. The van der Waals surface area contributed by atoms with E-state index in [1.807, 2.05) is 6.07 Å². The fourth-order valence-corrected chi connectivity index (χ4v) is 4.02. The van der Waals surface area contributed by atoms with Gasteiger partial charge in [0.25, 0.3) is 0 Å². The van der Waals surface area contributed by atoms with Gasteiger partial charge in [-0.1, -0.05) is 52.4 Å².